The van der Waals surface area contributed by atoms with E-state index in [1.54, 1.807) is 7.85 Å². The smallest absolute Gasteiger partial charge is 0.243 e. The number of ether oxygens (including phenoxy) is 1. The highest BCUT2D eigenvalue weighted by atomic mass is 16.5. The maximum atomic E-state index is 14.1. The summed E-state index contributed by atoms with van der Waals surface area (Å²) in [4.78, 5) is 70.6. The first-order valence-corrected chi connectivity index (χ1v) is 19.0. The van der Waals surface area contributed by atoms with Crippen molar-refractivity contribution in [3.63, 3.8) is 0 Å². The van der Waals surface area contributed by atoms with E-state index >= 15 is 0 Å². The molecule has 0 spiro atoms. The van der Waals surface area contributed by atoms with Gasteiger partial charge >= 0.3 is 0 Å². The van der Waals surface area contributed by atoms with E-state index in [4.69, 9.17) is 4.74 Å². The normalized spacial score (nSPS) is 16.8. The fourth-order valence-electron chi connectivity index (χ4n) is 6.26. The number of nitrogens with zero attached hydrogens (tertiary/aromatic N) is 1. The molecule has 0 bridgehead atoms. The summed E-state index contributed by atoms with van der Waals surface area (Å²) < 4.78 is 5.40. The molecule has 0 aliphatic carbocycles. The van der Waals surface area contributed by atoms with Gasteiger partial charge in [0.25, 0.3) is 0 Å². The van der Waals surface area contributed by atoms with Crippen LogP contribution in [0.15, 0.2) is 60.7 Å². The van der Waals surface area contributed by atoms with Crippen LogP contribution in [0.2, 0.25) is 6.32 Å². The van der Waals surface area contributed by atoms with Gasteiger partial charge in [-0.15, -0.1) is 0 Å². The van der Waals surface area contributed by atoms with Crippen molar-refractivity contribution in [2.75, 3.05) is 32.8 Å². The molecule has 0 radical (unpaired) electrons. The number of carbonyl (C=O) groups excluding carboxylic acids is 5. The molecule has 53 heavy (non-hydrogen) atoms. The van der Waals surface area contributed by atoms with Crippen LogP contribution in [0.3, 0.4) is 0 Å². The first-order valence-electron chi connectivity index (χ1n) is 19.0. The number of morpholine rings is 1. The molecule has 3 rings (SSSR count). The van der Waals surface area contributed by atoms with Crippen molar-refractivity contribution in [3.8, 4) is 0 Å². The number of benzene rings is 2. The Kier molecular flexibility index (Phi) is 17.7. The topological polar surface area (TPSA) is 166 Å². The fraction of sp³-hybridized carbons (Fsp3) is 0.575. The summed E-state index contributed by atoms with van der Waals surface area (Å²) >= 11 is 0. The number of aryl methyl sites for hydroxylation is 1. The fourth-order valence-corrected chi connectivity index (χ4v) is 6.26. The van der Waals surface area contributed by atoms with Gasteiger partial charge in [-0.2, -0.15) is 0 Å². The van der Waals surface area contributed by atoms with Crippen LogP contribution >= 0.6 is 0 Å². The number of carbonyl (C=O) groups is 5. The second-order valence-corrected chi connectivity index (χ2v) is 15.2. The second-order valence-electron chi connectivity index (χ2n) is 15.2. The lowest BCUT2D eigenvalue weighted by atomic mass is 9.81. The molecular formula is C40H60BN5O7. The third-order valence-corrected chi connectivity index (χ3v) is 9.50. The average Bonchev–Trinajstić information content (AvgIpc) is 3.12. The molecule has 0 aromatic heterocycles. The molecule has 5 N–H and O–H groups in total. The molecule has 4 amide bonds. The zero-order chi connectivity index (χ0) is 39.0. The molecule has 1 unspecified atom stereocenters. The number of aliphatic hydroxyl groups is 1. The molecular weight excluding hydrogens is 673 g/mol. The zero-order valence-corrected chi connectivity index (χ0v) is 32.4. The van der Waals surface area contributed by atoms with Crippen molar-refractivity contribution in [2.45, 2.75) is 103 Å². The molecule has 2 aromatic rings. The first kappa shape index (κ1) is 43.3. The minimum Gasteiger partial charge on any atom is -0.383 e. The highest BCUT2D eigenvalue weighted by molar-refractivity contribution is 6.13. The van der Waals surface area contributed by atoms with Crippen LogP contribution < -0.4 is 21.3 Å². The SMILES string of the molecule is BC[C@@](C)(O)C(=O)C(CC(C)C)NC(=O)[C@H](Cc1ccccc1)NC(=O)[C@H](CC(C)C)NC(=O)[C@H](CCc1ccccc1)NC(=O)CN1CCOCC1. The van der Waals surface area contributed by atoms with Gasteiger partial charge in [0.1, 0.15) is 31.6 Å². The quantitative estimate of drug-likeness (QED) is 0.121. The van der Waals surface area contributed by atoms with E-state index in [2.05, 4.69) is 21.3 Å². The summed E-state index contributed by atoms with van der Waals surface area (Å²) in [6.07, 6.45) is 1.73. The highest BCUT2D eigenvalue weighted by Crippen LogP contribution is 2.18. The number of nitrogens with one attached hydrogen (secondary N) is 4. The van der Waals surface area contributed by atoms with Gasteiger partial charge < -0.3 is 31.1 Å². The Morgan fingerprint density at radius 1 is 0.736 bits per heavy atom. The van der Waals surface area contributed by atoms with Crippen LogP contribution in [0.4, 0.5) is 0 Å². The summed E-state index contributed by atoms with van der Waals surface area (Å²) in [7, 11) is 1.70. The predicted octanol–water partition coefficient (Wildman–Crippen LogP) is 1.60. The summed E-state index contributed by atoms with van der Waals surface area (Å²) in [5.74, 6) is -2.38. The number of Topliss-reactive ketones (excluding diaryl/α,β-unsaturated/α-hetero) is 1. The van der Waals surface area contributed by atoms with E-state index in [9.17, 15) is 29.1 Å². The Hall–Kier alpha value is -4.07. The van der Waals surface area contributed by atoms with Gasteiger partial charge in [-0.25, -0.2) is 0 Å². The summed E-state index contributed by atoms with van der Waals surface area (Å²) in [5.41, 5.74) is 0.161. The lowest BCUT2D eigenvalue weighted by Crippen LogP contribution is -2.59. The number of amides is 4. The maximum Gasteiger partial charge on any atom is 0.243 e. The minimum atomic E-state index is -1.63. The van der Waals surface area contributed by atoms with Gasteiger partial charge in [0.2, 0.25) is 23.6 Å². The molecule has 1 heterocycles. The summed E-state index contributed by atoms with van der Waals surface area (Å²) in [6.45, 7) is 11.6. The Morgan fingerprint density at radius 3 is 1.79 bits per heavy atom. The monoisotopic (exact) mass is 733 g/mol. The first-order chi connectivity index (χ1) is 25.2. The van der Waals surface area contributed by atoms with Gasteiger partial charge in [-0.1, -0.05) is 88.4 Å². The van der Waals surface area contributed by atoms with Crippen LogP contribution in [0.25, 0.3) is 0 Å². The maximum absolute atomic E-state index is 14.1. The average molecular weight is 734 g/mol. The molecule has 12 nitrogen and oxygen atoms in total. The van der Waals surface area contributed by atoms with Crippen LogP contribution in [-0.4, -0.2) is 110 Å². The second kappa shape index (κ2) is 21.6. The molecule has 2 aromatic carbocycles. The van der Waals surface area contributed by atoms with Crippen molar-refractivity contribution >= 4 is 37.3 Å². The van der Waals surface area contributed by atoms with E-state index in [0.29, 0.717) is 45.6 Å². The Labute approximate surface area is 316 Å². The molecule has 1 saturated heterocycles. The van der Waals surface area contributed by atoms with E-state index in [-0.39, 0.29) is 43.4 Å². The van der Waals surface area contributed by atoms with Crippen molar-refractivity contribution in [3.05, 3.63) is 71.8 Å². The lowest BCUT2D eigenvalue weighted by Gasteiger charge is -2.30. The molecule has 1 aliphatic heterocycles. The van der Waals surface area contributed by atoms with Gasteiger partial charge in [0.05, 0.1) is 25.8 Å². The van der Waals surface area contributed by atoms with Crippen molar-refractivity contribution in [2.24, 2.45) is 11.8 Å². The largest absolute Gasteiger partial charge is 0.383 e. The van der Waals surface area contributed by atoms with Crippen LogP contribution in [0.1, 0.15) is 65.0 Å². The summed E-state index contributed by atoms with van der Waals surface area (Å²) in [5, 5.41) is 22.3. The number of hydrogen-bond acceptors (Lipinski definition) is 8. The van der Waals surface area contributed by atoms with Crippen LogP contribution in [0.5, 0.6) is 0 Å². The molecule has 1 fully saturated rings. The number of hydrogen-bond donors (Lipinski definition) is 5. The third kappa shape index (κ3) is 15.1. The molecule has 290 valence electrons. The number of ketones is 1. The zero-order valence-electron chi connectivity index (χ0n) is 32.4. The third-order valence-electron chi connectivity index (χ3n) is 9.50. The number of rotatable bonds is 21. The van der Waals surface area contributed by atoms with Gasteiger partial charge in [0.15, 0.2) is 5.78 Å². The molecule has 1 aliphatic rings. The molecule has 0 saturated carbocycles. The Bertz CT molecular complexity index is 1470. The highest BCUT2D eigenvalue weighted by Gasteiger charge is 2.37. The van der Waals surface area contributed by atoms with Crippen molar-refractivity contribution in [1.82, 2.24) is 26.2 Å². The van der Waals surface area contributed by atoms with Crippen molar-refractivity contribution in [1.29, 1.82) is 0 Å². The minimum absolute atomic E-state index is 0.00421. The Balaban J connectivity index is 1.84. The van der Waals surface area contributed by atoms with Crippen LogP contribution in [0, 0.1) is 11.8 Å². The van der Waals surface area contributed by atoms with E-state index in [1.807, 2.05) is 93.3 Å². The molecule has 5 atom stereocenters. The van der Waals surface area contributed by atoms with Gasteiger partial charge in [-0.3, -0.25) is 28.9 Å². The van der Waals surface area contributed by atoms with E-state index in [0.717, 1.165) is 11.1 Å². The van der Waals surface area contributed by atoms with Gasteiger partial charge in [-0.05, 0) is 61.9 Å². The summed E-state index contributed by atoms with van der Waals surface area (Å²) in [6, 6.07) is 14.9. The lowest BCUT2D eigenvalue weighted by molar-refractivity contribution is -0.140. The molecule has 13 heteroatoms. The van der Waals surface area contributed by atoms with Crippen LogP contribution in [-0.2, 0) is 41.6 Å². The van der Waals surface area contributed by atoms with E-state index in [1.165, 1.54) is 6.92 Å². The van der Waals surface area contributed by atoms with E-state index < -0.39 is 53.3 Å². The standard InChI is InChI=1S/C40H60BN5O7/c1-27(2)22-32(36(48)40(5,52)26-41)43-39(51)34(24-30-14-10-7-11-15-30)45-38(50)33(23-28(3)4)44-37(49)31(17-16-29-12-8-6-9-13-29)42-35(47)25-46-18-20-53-21-19-46/h6-15,27-28,31-34,52H,16-26,41H2,1-5H3,(H,42,47)(H,43,51)(H,44,49)(H,45,50)/t31-,32?,33-,34-,40+/m0/s1. The van der Waals surface area contributed by atoms with Gasteiger partial charge in [0, 0.05) is 19.5 Å². The van der Waals surface area contributed by atoms with Crippen molar-refractivity contribution < 1.29 is 33.8 Å². The predicted molar refractivity (Wildman–Crippen MR) is 208 cm³/mol. The Morgan fingerprint density at radius 2 is 1.23 bits per heavy atom.